The van der Waals surface area contributed by atoms with E-state index in [1.807, 2.05) is 54.6 Å². The zero-order valence-corrected chi connectivity index (χ0v) is 15.6. The number of nitrogens with one attached hydrogen (secondary N) is 2. The van der Waals surface area contributed by atoms with Crippen LogP contribution in [0.1, 0.15) is 21.6 Å². The molecule has 27 heavy (non-hydrogen) atoms. The van der Waals surface area contributed by atoms with Gasteiger partial charge in [-0.25, -0.2) is 9.97 Å². The minimum atomic E-state index is -0.200. The monoisotopic (exact) mass is 380 g/mol. The first kappa shape index (κ1) is 18.9. The summed E-state index contributed by atoms with van der Waals surface area (Å²) in [5.74, 6) is 0.432. The first-order valence-electron chi connectivity index (χ1n) is 8.83. The number of hydrogen-bond acceptors (Lipinski definition) is 4. The third-order valence-corrected chi connectivity index (χ3v) is 4.33. The van der Waals surface area contributed by atoms with Crippen LogP contribution in [0.5, 0.6) is 0 Å². The lowest BCUT2D eigenvalue weighted by molar-refractivity contribution is 0.0949. The van der Waals surface area contributed by atoms with Gasteiger partial charge in [0.25, 0.3) is 5.91 Å². The lowest BCUT2D eigenvalue weighted by Gasteiger charge is -2.08. The molecule has 0 aliphatic rings. The molecule has 3 aromatic rings. The van der Waals surface area contributed by atoms with Crippen molar-refractivity contribution in [3.05, 3.63) is 88.8 Å². The SMILES string of the molecule is O=C(NCCc1ccccc1)c1cc(NCCc2ccc(Cl)cc2)ncn1. The van der Waals surface area contributed by atoms with E-state index in [9.17, 15) is 4.79 Å². The van der Waals surface area contributed by atoms with Crippen LogP contribution in [-0.2, 0) is 12.8 Å². The Morgan fingerprint density at radius 3 is 2.37 bits per heavy atom. The van der Waals surface area contributed by atoms with Crippen LogP contribution in [0.25, 0.3) is 0 Å². The Bertz CT molecular complexity index is 869. The van der Waals surface area contributed by atoms with E-state index >= 15 is 0 Å². The van der Waals surface area contributed by atoms with Crippen molar-refractivity contribution >= 4 is 23.3 Å². The molecule has 2 N–H and O–H groups in total. The fourth-order valence-electron chi connectivity index (χ4n) is 2.62. The third kappa shape index (κ3) is 6.08. The Morgan fingerprint density at radius 2 is 1.59 bits per heavy atom. The molecule has 2 aromatic carbocycles. The van der Waals surface area contributed by atoms with Crippen LogP contribution in [0.4, 0.5) is 5.82 Å². The molecule has 0 unspecified atom stereocenters. The highest BCUT2D eigenvalue weighted by atomic mass is 35.5. The Morgan fingerprint density at radius 1 is 0.889 bits per heavy atom. The number of carbonyl (C=O) groups is 1. The van der Waals surface area contributed by atoms with E-state index in [4.69, 9.17) is 11.6 Å². The average Bonchev–Trinajstić information content (AvgIpc) is 2.70. The second-order valence-electron chi connectivity index (χ2n) is 6.08. The molecule has 0 atom stereocenters. The molecule has 0 fully saturated rings. The van der Waals surface area contributed by atoms with Gasteiger partial charge in [0.15, 0.2) is 0 Å². The van der Waals surface area contributed by atoms with Crippen molar-refractivity contribution in [2.24, 2.45) is 0 Å². The minimum Gasteiger partial charge on any atom is -0.370 e. The summed E-state index contributed by atoms with van der Waals surface area (Å²) in [7, 11) is 0. The maximum Gasteiger partial charge on any atom is 0.270 e. The highest BCUT2D eigenvalue weighted by Gasteiger charge is 2.08. The van der Waals surface area contributed by atoms with Gasteiger partial charge in [-0.05, 0) is 36.1 Å². The highest BCUT2D eigenvalue weighted by Crippen LogP contribution is 2.10. The molecule has 0 aliphatic heterocycles. The van der Waals surface area contributed by atoms with Crippen molar-refractivity contribution < 1.29 is 4.79 Å². The van der Waals surface area contributed by atoms with Gasteiger partial charge in [0.05, 0.1) is 0 Å². The highest BCUT2D eigenvalue weighted by molar-refractivity contribution is 6.30. The molecule has 0 spiro atoms. The summed E-state index contributed by atoms with van der Waals surface area (Å²) in [6.07, 6.45) is 3.01. The van der Waals surface area contributed by atoms with Crippen LogP contribution in [0, 0.1) is 0 Å². The zero-order valence-electron chi connectivity index (χ0n) is 14.9. The van der Waals surface area contributed by atoms with E-state index in [2.05, 4.69) is 20.6 Å². The fourth-order valence-corrected chi connectivity index (χ4v) is 2.75. The summed E-state index contributed by atoms with van der Waals surface area (Å²) in [6.45, 7) is 1.26. The van der Waals surface area contributed by atoms with Gasteiger partial charge in [0.2, 0.25) is 0 Å². The van der Waals surface area contributed by atoms with E-state index in [-0.39, 0.29) is 5.91 Å². The maximum atomic E-state index is 12.3. The van der Waals surface area contributed by atoms with E-state index < -0.39 is 0 Å². The zero-order chi connectivity index (χ0) is 18.9. The second kappa shape index (κ2) is 9.69. The molecule has 1 heterocycles. The van der Waals surface area contributed by atoms with Gasteiger partial charge in [0.1, 0.15) is 17.8 Å². The quantitative estimate of drug-likeness (QED) is 0.624. The molecule has 0 radical (unpaired) electrons. The summed E-state index contributed by atoms with van der Waals surface area (Å²) >= 11 is 5.89. The van der Waals surface area contributed by atoms with Gasteiger partial charge in [-0.2, -0.15) is 0 Å². The van der Waals surface area contributed by atoms with Crippen LogP contribution >= 0.6 is 11.6 Å². The molecule has 6 heteroatoms. The molecule has 3 rings (SSSR count). The van der Waals surface area contributed by atoms with Crippen molar-refractivity contribution in [1.82, 2.24) is 15.3 Å². The van der Waals surface area contributed by atoms with Crippen molar-refractivity contribution in [2.75, 3.05) is 18.4 Å². The van der Waals surface area contributed by atoms with Crippen molar-refractivity contribution in [3.63, 3.8) is 0 Å². The van der Waals surface area contributed by atoms with Gasteiger partial charge in [-0.15, -0.1) is 0 Å². The van der Waals surface area contributed by atoms with E-state index in [1.54, 1.807) is 6.07 Å². The molecule has 0 aliphatic carbocycles. The van der Waals surface area contributed by atoms with Crippen LogP contribution < -0.4 is 10.6 Å². The van der Waals surface area contributed by atoms with Crippen LogP contribution in [0.2, 0.25) is 5.02 Å². The van der Waals surface area contributed by atoms with Crippen molar-refractivity contribution in [2.45, 2.75) is 12.8 Å². The summed E-state index contributed by atoms with van der Waals surface area (Å²) in [5, 5.41) is 6.84. The number of benzene rings is 2. The Labute approximate surface area is 163 Å². The lowest BCUT2D eigenvalue weighted by Crippen LogP contribution is -2.26. The van der Waals surface area contributed by atoms with Crippen LogP contribution in [0.3, 0.4) is 0 Å². The predicted molar refractivity (Wildman–Crippen MR) is 108 cm³/mol. The number of amides is 1. The largest absolute Gasteiger partial charge is 0.370 e. The number of hydrogen-bond donors (Lipinski definition) is 2. The third-order valence-electron chi connectivity index (χ3n) is 4.07. The molecule has 1 aromatic heterocycles. The first-order chi connectivity index (χ1) is 13.2. The Hall–Kier alpha value is -2.92. The van der Waals surface area contributed by atoms with Gasteiger partial charge in [-0.3, -0.25) is 4.79 Å². The summed E-state index contributed by atoms with van der Waals surface area (Å²) in [4.78, 5) is 20.5. The number of aromatic nitrogens is 2. The normalized spacial score (nSPS) is 10.4. The van der Waals surface area contributed by atoms with E-state index in [1.165, 1.54) is 17.5 Å². The molecule has 0 saturated heterocycles. The van der Waals surface area contributed by atoms with Gasteiger partial charge >= 0.3 is 0 Å². The summed E-state index contributed by atoms with van der Waals surface area (Å²) < 4.78 is 0. The minimum absolute atomic E-state index is 0.200. The molecule has 1 amide bonds. The maximum absolute atomic E-state index is 12.3. The number of carbonyl (C=O) groups excluding carboxylic acids is 1. The Kier molecular flexibility index (Phi) is 6.77. The smallest absolute Gasteiger partial charge is 0.270 e. The molecular formula is C21H21ClN4O. The molecule has 0 bridgehead atoms. The molecule has 0 saturated carbocycles. The fraction of sp³-hybridized carbons (Fsp3) is 0.190. The lowest BCUT2D eigenvalue weighted by atomic mass is 10.1. The standard InChI is InChI=1S/C21H21ClN4O/c22-18-8-6-17(7-9-18)10-12-23-20-14-19(25-15-26-20)21(27)24-13-11-16-4-2-1-3-5-16/h1-9,14-15H,10-13H2,(H,24,27)(H,23,25,26). The van der Waals surface area contributed by atoms with Gasteiger partial charge < -0.3 is 10.6 Å². The molecule has 138 valence electrons. The van der Waals surface area contributed by atoms with Crippen molar-refractivity contribution in [1.29, 1.82) is 0 Å². The predicted octanol–water partition coefficient (Wildman–Crippen LogP) is 3.76. The molecule has 5 nitrogen and oxygen atoms in total. The van der Waals surface area contributed by atoms with Crippen LogP contribution in [-0.4, -0.2) is 29.0 Å². The number of halogens is 1. The van der Waals surface area contributed by atoms with E-state index in [0.717, 1.165) is 17.9 Å². The Balaban J connectivity index is 1.47. The van der Waals surface area contributed by atoms with Crippen LogP contribution in [0.15, 0.2) is 67.0 Å². The topological polar surface area (TPSA) is 66.9 Å². The first-order valence-corrected chi connectivity index (χ1v) is 9.21. The second-order valence-corrected chi connectivity index (χ2v) is 6.52. The summed E-state index contributed by atoms with van der Waals surface area (Å²) in [5.41, 5.74) is 2.72. The number of anilines is 1. The summed E-state index contributed by atoms with van der Waals surface area (Å²) in [6, 6.07) is 19.4. The number of rotatable bonds is 8. The van der Waals surface area contributed by atoms with Gasteiger partial charge in [0, 0.05) is 24.2 Å². The van der Waals surface area contributed by atoms with Gasteiger partial charge in [-0.1, -0.05) is 54.1 Å². The molecular weight excluding hydrogens is 360 g/mol. The van der Waals surface area contributed by atoms with E-state index in [0.29, 0.717) is 24.6 Å². The average molecular weight is 381 g/mol. The van der Waals surface area contributed by atoms with Crippen molar-refractivity contribution in [3.8, 4) is 0 Å². The number of nitrogens with zero attached hydrogens (tertiary/aromatic N) is 2.